The van der Waals surface area contributed by atoms with E-state index in [-0.39, 0.29) is 0 Å². The Morgan fingerprint density at radius 2 is 2.00 bits per heavy atom. The Bertz CT molecular complexity index is 198. The third-order valence-electron chi connectivity index (χ3n) is 4.07. The molecule has 2 aliphatic carbocycles. The van der Waals surface area contributed by atoms with Gasteiger partial charge in [-0.05, 0) is 43.6 Å². The molecule has 3 heteroatoms. The van der Waals surface area contributed by atoms with Gasteiger partial charge in [0, 0.05) is 19.7 Å². The zero-order valence-corrected chi connectivity index (χ0v) is 10.3. The topological polar surface area (TPSA) is 47.3 Å². The highest BCUT2D eigenvalue weighted by molar-refractivity contribution is 4.87. The predicted molar refractivity (Wildman–Crippen MR) is 66.4 cm³/mol. The lowest BCUT2D eigenvalue weighted by Gasteiger charge is -2.27. The maximum atomic E-state index is 5.89. The molecule has 16 heavy (non-hydrogen) atoms. The monoisotopic (exact) mass is 226 g/mol. The molecule has 0 aromatic carbocycles. The van der Waals surface area contributed by atoms with Gasteiger partial charge in [-0.15, -0.1) is 0 Å². The number of hydrogen-bond donors (Lipinski definition) is 2. The molecule has 3 N–H and O–H groups in total. The lowest BCUT2D eigenvalue weighted by Crippen LogP contribution is -2.39. The lowest BCUT2D eigenvalue weighted by atomic mass is 9.86. The smallest absolute Gasteiger partial charge is 0.0591 e. The molecule has 0 atom stereocenters. The summed E-state index contributed by atoms with van der Waals surface area (Å²) in [7, 11) is 0. The van der Waals surface area contributed by atoms with E-state index in [4.69, 9.17) is 10.5 Å². The van der Waals surface area contributed by atoms with Gasteiger partial charge in [0.25, 0.3) is 0 Å². The lowest BCUT2D eigenvalue weighted by molar-refractivity contribution is 0.123. The molecule has 94 valence electrons. The van der Waals surface area contributed by atoms with Crippen molar-refractivity contribution in [3.8, 4) is 0 Å². The molecule has 0 aliphatic heterocycles. The Morgan fingerprint density at radius 3 is 2.62 bits per heavy atom. The highest BCUT2D eigenvalue weighted by Gasteiger charge is 2.31. The van der Waals surface area contributed by atoms with E-state index in [0.29, 0.717) is 5.41 Å². The van der Waals surface area contributed by atoms with Crippen LogP contribution < -0.4 is 11.1 Å². The fourth-order valence-electron chi connectivity index (χ4n) is 2.61. The molecule has 0 spiro atoms. The van der Waals surface area contributed by atoms with Crippen molar-refractivity contribution in [1.29, 1.82) is 0 Å². The second-order valence-corrected chi connectivity index (χ2v) is 5.61. The van der Waals surface area contributed by atoms with Crippen molar-refractivity contribution in [2.75, 3.05) is 32.8 Å². The van der Waals surface area contributed by atoms with Crippen molar-refractivity contribution in [2.45, 2.75) is 38.5 Å². The van der Waals surface area contributed by atoms with Crippen LogP contribution in [0.1, 0.15) is 38.5 Å². The molecule has 0 unspecified atom stereocenters. The molecule has 0 aromatic heterocycles. The van der Waals surface area contributed by atoms with Crippen molar-refractivity contribution >= 4 is 0 Å². The Labute approximate surface area is 99.1 Å². The van der Waals surface area contributed by atoms with Gasteiger partial charge in [0.2, 0.25) is 0 Å². The molecule has 2 rings (SSSR count). The number of hydrogen-bond acceptors (Lipinski definition) is 3. The van der Waals surface area contributed by atoms with E-state index >= 15 is 0 Å². The van der Waals surface area contributed by atoms with Crippen molar-refractivity contribution in [3.63, 3.8) is 0 Å². The predicted octanol–water partition coefficient (Wildman–Crippen LogP) is 1.52. The first-order valence-corrected chi connectivity index (χ1v) is 6.83. The summed E-state index contributed by atoms with van der Waals surface area (Å²) in [5.74, 6) is 0.880. The van der Waals surface area contributed by atoms with E-state index in [0.717, 1.165) is 38.8 Å². The van der Waals surface area contributed by atoms with Gasteiger partial charge in [0.15, 0.2) is 0 Å². The van der Waals surface area contributed by atoms with Gasteiger partial charge < -0.3 is 15.8 Å². The fourth-order valence-corrected chi connectivity index (χ4v) is 2.61. The molecule has 2 saturated carbocycles. The molecule has 2 fully saturated rings. The number of ether oxygens (including phenoxy) is 1. The number of nitrogens with two attached hydrogens (primary N) is 1. The van der Waals surface area contributed by atoms with E-state index in [1.807, 2.05) is 0 Å². The summed E-state index contributed by atoms with van der Waals surface area (Å²) in [4.78, 5) is 0. The zero-order valence-electron chi connectivity index (χ0n) is 10.3. The maximum absolute atomic E-state index is 5.89. The van der Waals surface area contributed by atoms with Crippen LogP contribution in [0.2, 0.25) is 0 Å². The van der Waals surface area contributed by atoms with Gasteiger partial charge >= 0.3 is 0 Å². The largest absolute Gasteiger partial charge is 0.380 e. The van der Waals surface area contributed by atoms with E-state index in [1.165, 1.54) is 38.5 Å². The highest BCUT2D eigenvalue weighted by atomic mass is 16.5. The summed E-state index contributed by atoms with van der Waals surface area (Å²) >= 11 is 0. The maximum Gasteiger partial charge on any atom is 0.0591 e. The summed E-state index contributed by atoms with van der Waals surface area (Å²) < 4.78 is 5.60. The van der Waals surface area contributed by atoms with Crippen molar-refractivity contribution < 1.29 is 4.74 Å². The second kappa shape index (κ2) is 5.99. The molecule has 2 aliphatic rings. The van der Waals surface area contributed by atoms with Crippen LogP contribution in [0, 0.1) is 11.3 Å². The van der Waals surface area contributed by atoms with Gasteiger partial charge in [0.05, 0.1) is 6.61 Å². The summed E-state index contributed by atoms with van der Waals surface area (Å²) in [5, 5.41) is 3.51. The SMILES string of the molecule is NCC1(CNCCOCC2CC2)CCCC1. The minimum atomic E-state index is 0.399. The van der Waals surface area contributed by atoms with Crippen LogP contribution in [0.5, 0.6) is 0 Å². The number of nitrogens with one attached hydrogen (secondary N) is 1. The standard InChI is InChI=1S/C13H26N2O/c14-10-13(5-1-2-6-13)11-15-7-8-16-9-12-3-4-12/h12,15H,1-11,14H2. The molecule has 3 nitrogen and oxygen atoms in total. The fraction of sp³-hybridized carbons (Fsp3) is 1.00. The van der Waals surface area contributed by atoms with Gasteiger partial charge in [-0.25, -0.2) is 0 Å². The summed E-state index contributed by atoms with van der Waals surface area (Å²) in [6, 6.07) is 0. The van der Waals surface area contributed by atoms with E-state index < -0.39 is 0 Å². The molecular weight excluding hydrogens is 200 g/mol. The van der Waals surface area contributed by atoms with Crippen LogP contribution in [0.3, 0.4) is 0 Å². The molecule has 0 saturated heterocycles. The first-order chi connectivity index (χ1) is 7.85. The van der Waals surface area contributed by atoms with Crippen LogP contribution in [0.25, 0.3) is 0 Å². The van der Waals surface area contributed by atoms with E-state index in [1.54, 1.807) is 0 Å². The van der Waals surface area contributed by atoms with Crippen LogP contribution in [0.15, 0.2) is 0 Å². The van der Waals surface area contributed by atoms with Crippen LogP contribution >= 0.6 is 0 Å². The quantitative estimate of drug-likeness (QED) is 0.617. The summed E-state index contributed by atoms with van der Waals surface area (Å²) in [6.07, 6.45) is 8.08. The van der Waals surface area contributed by atoms with Crippen molar-refractivity contribution in [1.82, 2.24) is 5.32 Å². The Hall–Kier alpha value is -0.120. The van der Waals surface area contributed by atoms with Gasteiger partial charge in [-0.2, -0.15) is 0 Å². The molecule has 0 bridgehead atoms. The van der Waals surface area contributed by atoms with Crippen molar-refractivity contribution in [2.24, 2.45) is 17.1 Å². The average Bonchev–Trinajstić information content (AvgIpc) is 3.01. The van der Waals surface area contributed by atoms with Gasteiger partial charge in [0.1, 0.15) is 0 Å². The van der Waals surface area contributed by atoms with Crippen LogP contribution in [-0.2, 0) is 4.74 Å². The van der Waals surface area contributed by atoms with Gasteiger partial charge in [-0.3, -0.25) is 0 Å². The summed E-state index contributed by atoms with van der Waals surface area (Å²) in [6.45, 7) is 4.73. The van der Waals surface area contributed by atoms with Gasteiger partial charge in [-0.1, -0.05) is 12.8 Å². The first kappa shape index (κ1) is 12.3. The Kier molecular flexibility index (Phi) is 4.62. The van der Waals surface area contributed by atoms with Crippen LogP contribution in [0.4, 0.5) is 0 Å². The first-order valence-electron chi connectivity index (χ1n) is 6.83. The van der Waals surface area contributed by atoms with Crippen molar-refractivity contribution in [3.05, 3.63) is 0 Å². The minimum Gasteiger partial charge on any atom is -0.380 e. The van der Waals surface area contributed by atoms with E-state index in [2.05, 4.69) is 5.32 Å². The normalized spacial score (nSPS) is 23.8. The zero-order chi connectivity index (χ0) is 11.3. The third kappa shape index (κ3) is 3.72. The van der Waals surface area contributed by atoms with E-state index in [9.17, 15) is 0 Å². The Balaban J connectivity index is 1.49. The Morgan fingerprint density at radius 1 is 1.25 bits per heavy atom. The molecule has 0 radical (unpaired) electrons. The molecule has 0 heterocycles. The molecule has 0 aromatic rings. The summed E-state index contributed by atoms with van der Waals surface area (Å²) in [5.41, 5.74) is 6.29. The highest BCUT2D eigenvalue weighted by Crippen LogP contribution is 2.36. The third-order valence-corrected chi connectivity index (χ3v) is 4.07. The minimum absolute atomic E-state index is 0.399. The van der Waals surface area contributed by atoms with Crippen LogP contribution in [-0.4, -0.2) is 32.8 Å². The molecule has 0 amide bonds. The number of rotatable bonds is 8. The second-order valence-electron chi connectivity index (χ2n) is 5.61. The molecular formula is C13H26N2O. The average molecular weight is 226 g/mol.